The number of carbonyl (C=O) groups excluding carboxylic acids is 1. The Balaban J connectivity index is 1.33. The third-order valence-electron chi connectivity index (χ3n) is 8.35. The number of hydrogen-bond donors (Lipinski definition) is 2. The molecule has 1 aliphatic carbocycles. The van der Waals surface area contributed by atoms with Crippen LogP contribution >= 0.6 is 0 Å². The number of carboxylic acids is 1. The molecule has 1 aromatic heterocycles. The van der Waals surface area contributed by atoms with E-state index in [4.69, 9.17) is 0 Å². The minimum atomic E-state index is -1.02. The number of benzene rings is 5. The lowest BCUT2D eigenvalue weighted by atomic mass is 9.97. The fourth-order valence-electron chi connectivity index (χ4n) is 6.01. The molecule has 1 heterocycles. The lowest BCUT2D eigenvalue weighted by Gasteiger charge is -2.22. The zero-order valence-corrected chi connectivity index (χ0v) is 23.0. The van der Waals surface area contributed by atoms with Gasteiger partial charge in [-0.1, -0.05) is 48.5 Å². The molecule has 212 valence electrons. The van der Waals surface area contributed by atoms with Crippen molar-refractivity contribution in [2.45, 2.75) is 24.9 Å². The van der Waals surface area contributed by atoms with Crippen molar-refractivity contribution in [3.63, 3.8) is 0 Å². The third kappa shape index (κ3) is 4.83. The Morgan fingerprint density at radius 2 is 1.47 bits per heavy atom. The molecule has 0 bridgehead atoms. The highest BCUT2D eigenvalue weighted by Crippen LogP contribution is 2.52. The Kier molecular flexibility index (Phi) is 6.31. The number of nitrogens with one attached hydrogen (secondary N) is 1. The molecule has 5 nitrogen and oxygen atoms in total. The van der Waals surface area contributed by atoms with Gasteiger partial charge in [0.15, 0.2) is 0 Å². The van der Waals surface area contributed by atoms with E-state index in [2.05, 4.69) is 40.2 Å². The topological polar surface area (TPSA) is 71.3 Å². The number of amides is 1. The van der Waals surface area contributed by atoms with Gasteiger partial charge < -0.3 is 15.0 Å². The molecule has 0 atom stereocenters. The fraction of sp³-hybridized carbons (Fsp3) is 0.111. The van der Waals surface area contributed by atoms with Crippen LogP contribution in [0, 0.1) is 11.6 Å². The van der Waals surface area contributed by atoms with Gasteiger partial charge in [0, 0.05) is 24.2 Å². The van der Waals surface area contributed by atoms with E-state index in [1.165, 1.54) is 24.3 Å². The molecule has 0 spiro atoms. The van der Waals surface area contributed by atoms with Gasteiger partial charge in [-0.25, -0.2) is 13.6 Å². The molecular weight excluding hydrogens is 546 g/mol. The molecule has 1 amide bonds. The van der Waals surface area contributed by atoms with Crippen LogP contribution in [0.3, 0.4) is 0 Å². The molecule has 43 heavy (non-hydrogen) atoms. The Morgan fingerprint density at radius 1 is 0.767 bits per heavy atom. The van der Waals surface area contributed by atoms with Crippen molar-refractivity contribution in [2.75, 3.05) is 0 Å². The van der Waals surface area contributed by atoms with Crippen LogP contribution < -0.4 is 5.32 Å². The highest BCUT2D eigenvalue weighted by atomic mass is 19.1. The second-order valence-corrected chi connectivity index (χ2v) is 11.1. The van der Waals surface area contributed by atoms with Crippen molar-refractivity contribution in [2.24, 2.45) is 0 Å². The molecule has 1 aliphatic rings. The van der Waals surface area contributed by atoms with Crippen molar-refractivity contribution in [3.8, 4) is 11.1 Å². The summed E-state index contributed by atoms with van der Waals surface area (Å²) in [5.74, 6) is -2.77. The molecule has 0 unspecified atom stereocenters. The van der Waals surface area contributed by atoms with Crippen molar-refractivity contribution in [3.05, 3.63) is 143 Å². The Labute approximate surface area is 246 Å². The molecule has 5 aromatic carbocycles. The van der Waals surface area contributed by atoms with Crippen molar-refractivity contribution < 1.29 is 23.5 Å². The molecule has 2 N–H and O–H groups in total. The highest BCUT2D eigenvalue weighted by Gasteiger charge is 2.47. The van der Waals surface area contributed by atoms with Gasteiger partial charge in [-0.3, -0.25) is 4.79 Å². The van der Waals surface area contributed by atoms with Gasteiger partial charge in [-0.05, 0) is 94.4 Å². The van der Waals surface area contributed by atoms with E-state index in [0.29, 0.717) is 16.7 Å². The van der Waals surface area contributed by atoms with E-state index in [-0.39, 0.29) is 23.6 Å². The summed E-state index contributed by atoms with van der Waals surface area (Å²) < 4.78 is 30.5. The zero-order chi connectivity index (χ0) is 29.7. The van der Waals surface area contributed by atoms with Gasteiger partial charge in [0.25, 0.3) is 5.91 Å². The Bertz CT molecular complexity index is 2040. The number of rotatable bonds is 7. The number of carboxylic acid groups (broad SMARTS) is 1. The summed E-state index contributed by atoms with van der Waals surface area (Å²) in [6.07, 6.45) is 3.80. The molecule has 0 aliphatic heterocycles. The van der Waals surface area contributed by atoms with Crippen LogP contribution in [-0.4, -0.2) is 21.6 Å². The van der Waals surface area contributed by atoms with Crippen LogP contribution in [-0.2, 0) is 12.1 Å². The van der Waals surface area contributed by atoms with Crippen molar-refractivity contribution >= 4 is 33.6 Å². The minimum absolute atomic E-state index is 0.160. The van der Waals surface area contributed by atoms with Crippen LogP contribution in [0.4, 0.5) is 8.78 Å². The van der Waals surface area contributed by atoms with E-state index >= 15 is 0 Å². The third-order valence-corrected chi connectivity index (χ3v) is 8.35. The molecule has 7 heteroatoms. The van der Waals surface area contributed by atoms with E-state index < -0.39 is 17.6 Å². The Morgan fingerprint density at radius 3 is 2.16 bits per heavy atom. The number of fused-ring (bicyclic) bond motifs is 2. The normalized spacial score (nSPS) is 13.7. The molecule has 1 saturated carbocycles. The minimum Gasteiger partial charge on any atom is -0.478 e. The molecule has 1 fully saturated rings. The second-order valence-electron chi connectivity index (χ2n) is 11.1. The SMILES string of the molecule is O=C(O)c1ccc(CNC(=O)c2cc(-c3cc(F)cc(F)c3)cc3ccn(C4(c5ccc6ccccc6c5)CC4)c23)cc1. The first-order chi connectivity index (χ1) is 20.8. The highest BCUT2D eigenvalue weighted by molar-refractivity contribution is 6.08. The van der Waals surface area contributed by atoms with Crippen molar-refractivity contribution in [1.29, 1.82) is 0 Å². The quantitative estimate of drug-likeness (QED) is 0.204. The van der Waals surface area contributed by atoms with Crippen LogP contribution in [0.25, 0.3) is 32.8 Å². The first-order valence-corrected chi connectivity index (χ1v) is 14.0. The van der Waals surface area contributed by atoms with Crippen LogP contribution in [0.15, 0.2) is 109 Å². The summed E-state index contributed by atoms with van der Waals surface area (Å²) in [6.45, 7) is 0.176. The predicted octanol–water partition coefficient (Wildman–Crippen LogP) is 7.91. The maximum atomic E-state index is 14.2. The standard InChI is InChI=1S/C36H26F2N2O3/c37-30-17-28(18-31(38)20-30)27-15-26-11-14-40(36(12-13-36)29-10-9-23-3-1-2-4-25(23)16-29)33(26)32(19-27)34(41)39-21-22-5-7-24(8-6-22)35(42)43/h1-11,14-20H,12-13,21H2,(H,39,41)(H,42,43). The molecule has 6 aromatic rings. The summed E-state index contributed by atoms with van der Waals surface area (Å²) in [7, 11) is 0. The van der Waals surface area contributed by atoms with E-state index in [1.807, 2.05) is 30.5 Å². The maximum absolute atomic E-state index is 14.2. The molecule has 0 radical (unpaired) electrons. The Hall–Kier alpha value is -5.30. The van der Waals surface area contributed by atoms with Crippen molar-refractivity contribution in [1.82, 2.24) is 9.88 Å². The largest absolute Gasteiger partial charge is 0.478 e. The first kappa shape index (κ1) is 26.6. The van der Waals surface area contributed by atoms with E-state index in [1.54, 1.807) is 18.2 Å². The number of carbonyl (C=O) groups is 2. The fourth-order valence-corrected chi connectivity index (χ4v) is 6.01. The monoisotopic (exact) mass is 572 g/mol. The van der Waals surface area contributed by atoms with Gasteiger partial charge in [-0.15, -0.1) is 0 Å². The maximum Gasteiger partial charge on any atom is 0.335 e. The number of hydrogen-bond acceptors (Lipinski definition) is 2. The van der Waals surface area contributed by atoms with E-state index in [0.717, 1.165) is 51.7 Å². The average molecular weight is 573 g/mol. The summed E-state index contributed by atoms with van der Waals surface area (Å²) in [6, 6.07) is 29.8. The second kappa shape index (κ2) is 10.2. The first-order valence-electron chi connectivity index (χ1n) is 14.0. The lowest BCUT2D eigenvalue weighted by Crippen LogP contribution is -2.25. The summed E-state index contributed by atoms with van der Waals surface area (Å²) in [5.41, 5.74) is 3.72. The average Bonchev–Trinajstić information content (AvgIpc) is 3.70. The molecule has 0 saturated heterocycles. The van der Waals surface area contributed by atoms with E-state index in [9.17, 15) is 23.5 Å². The summed E-state index contributed by atoms with van der Waals surface area (Å²) >= 11 is 0. The predicted molar refractivity (Wildman–Crippen MR) is 162 cm³/mol. The zero-order valence-electron chi connectivity index (χ0n) is 23.0. The van der Waals surface area contributed by atoms with Gasteiger partial charge in [-0.2, -0.15) is 0 Å². The number of aromatic carboxylic acids is 1. The number of aromatic nitrogens is 1. The van der Waals surface area contributed by atoms with Gasteiger partial charge in [0.1, 0.15) is 11.6 Å². The smallest absolute Gasteiger partial charge is 0.335 e. The summed E-state index contributed by atoms with van der Waals surface area (Å²) in [5, 5.41) is 15.2. The molecular formula is C36H26F2N2O3. The summed E-state index contributed by atoms with van der Waals surface area (Å²) in [4.78, 5) is 25.1. The number of nitrogens with zero attached hydrogens (tertiary/aromatic N) is 1. The van der Waals surface area contributed by atoms with Crippen LogP contribution in [0.2, 0.25) is 0 Å². The van der Waals surface area contributed by atoms with Crippen LogP contribution in [0.1, 0.15) is 44.7 Å². The number of halogens is 2. The molecule has 7 rings (SSSR count). The lowest BCUT2D eigenvalue weighted by molar-refractivity contribution is 0.0696. The van der Waals surface area contributed by atoms with Gasteiger partial charge in [0.2, 0.25) is 0 Å². The van der Waals surface area contributed by atoms with Gasteiger partial charge >= 0.3 is 5.97 Å². The van der Waals surface area contributed by atoms with Crippen LogP contribution in [0.5, 0.6) is 0 Å². The van der Waals surface area contributed by atoms with Gasteiger partial charge in [0.05, 0.1) is 22.2 Å².